The molecule has 0 aromatic heterocycles. The van der Waals surface area contributed by atoms with Crippen LogP contribution in [0.1, 0.15) is 13.8 Å². The topological polar surface area (TPSA) is 20.3 Å². The minimum absolute atomic E-state index is 0.0543. The Balaban J connectivity index is 4.28. The van der Waals surface area contributed by atoms with Crippen LogP contribution in [0.4, 0.5) is 4.39 Å². The third kappa shape index (κ3) is 4.45. The highest BCUT2D eigenvalue weighted by atomic mass is 19.1. The van der Waals surface area contributed by atoms with Gasteiger partial charge in [0.2, 0.25) is 0 Å². The van der Waals surface area contributed by atoms with Crippen molar-refractivity contribution in [3.8, 4) is 0 Å². The van der Waals surface area contributed by atoms with Crippen molar-refractivity contribution < 1.29 is 9.18 Å². The first kappa shape index (κ1) is 11.9. The summed E-state index contributed by atoms with van der Waals surface area (Å²) in [6, 6.07) is 0. The van der Waals surface area contributed by atoms with Gasteiger partial charge in [-0.1, -0.05) is 19.2 Å². The number of carbonyl (C=O) groups excluding carboxylic acids is 1. The quantitative estimate of drug-likeness (QED) is 0.484. The zero-order valence-electron chi connectivity index (χ0n) is 8.43. The van der Waals surface area contributed by atoms with E-state index in [1.165, 1.54) is 24.8 Å². The van der Waals surface area contributed by atoms with Gasteiger partial charge in [-0.25, -0.2) is 4.39 Å². The Morgan fingerprint density at radius 1 is 1.62 bits per heavy atom. The normalized spacial score (nSPS) is 10.8. The molecule has 0 spiro atoms. The predicted octanol–water partition coefficient (Wildman–Crippen LogP) is 1.94. The Bertz CT molecular complexity index is 228. The summed E-state index contributed by atoms with van der Waals surface area (Å²) in [4.78, 5) is 12.6. The molecule has 74 valence electrons. The predicted molar refractivity (Wildman–Crippen MR) is 52.2 cm³/mol. The van der Waals surface area contributed by atoms with Crippen LogP contribution in [-0.2, 0) is 4.79 Å². The fraction of sp³-hybridized carbons (Fsp3) is 0.500. The van der Waals surface area contributed by atoms with E-state index in [2.05, 4.69) is 13.2 Å². The maximum absolute atomic E-state index is 13.1. The molecule has 0 aliphatic carbocycles. The van der Waals surface area contributed by atoms with Crippen LogP contribution in [-0.4, -0.2) is 30.1 Å². The van der Waals surface area contributed by atoms with Crippen LogP contribution in [0.3, 0.4) is 0 Å². The largest absolute Gasteiger partial charge is 0.339 e. The van der Waals surface area contributed by atoms with Crippen LogP contribution in [0.5, 0.6) is 0 Å². The second kappa shape index (κ2) is 4.21. The van der Waals surface area contributed by atoms with Crippen molar-refractivity contribution in [2.45, 2.75) is 19.5 Å². The molecular formula is C10H16FNO. The maximum atomic E-state index is 13.1. The highest BCUT2D eigenvalue weighted by molar-refractivity contribution is 5.95. The van der Waals surface area contributed by atoms with Crippen LogP contribution in [0.2, 0.25) is 0 Å². The molecule has 0 aliphatic rings. The average Bonchev–Trinajstić information content (AvgIpc) is 1.98. The third-order valence-electron chi connectivity index (χ3n) is 1.48. The van der Waals surface area contributed by atoms with Gasteiger partial charge >= 0.3 is 0 Å². The Hall–Kier alpha value is -1.12. The smallest absolute Gasteiger partial charge is 0.253 e. The minimum Gasteiger partial charge on any atom is -0.339 e. The number of amides is 1. The molecule has 0 saturated carbocycles. The van der Waals surface area contributed by atoms with E-state index in [0.717, 1.165) is 0 Å². The molecule has 0 saturated heterocycles. The molecule has 0 fully saturated rings. The number of rotatable bonds is 4. The molecule has 2 nitrogen and oxygen atoms in total. The molecular weight excluding hydrogens is 169 g/mol. The maximum Gasteiger partial charge on any atom is 0.253 e. The van der Waals surface area contributed by atoms with Gasteiger partial charge in [-0.05, 0) is 13.8 Å². The average molecular weight is 185 g/mol. The first-order valence-electron chi connectivity index (χ1n) is 4.03. The summed E-state index contributed by atoms with van der Waals surface area (Å²) in [5.41, 5.74) is -1.10. The first-order valence-corrected chi connectivity index (χ1v) is 4.03. The van der Waals surface area contributed by atoms with Gasteiger partial charge in [0, 0.05) is 12.6 Å². The fourth-order valence-electron chi connectivity index (χ4n) is 0.968. The number of halogens is 1. The van der Waals surface area contributed by atoms with E-state index in [1.54, 1.807) is 7.05 Å². The summed E-state index contributed by atoms with van der Waals surface area (Å²) >= 11 is 0. The lowest BCUT2D eigenvalue weighted by atomic mass is 10.1. The Kier molecular flexibility index (Phi) is 3.85. The zero-order chi connectivity index (χ0) is 10.6. The molecule has 0 heterocycles. The number of nitrogens with zero attached hydrogens (tertiary/aromatic N) is 1. The van der Waals surface area contributed by atoms with Gasteiger partial charge in [0.25, 0.3) is 5.91 Å². The summed E-state index contributed by atoms with van der Waals surface area (Å²) in [7, 11) is 1.54. The highest BCUT2D eigenvalue weighted by Gasteiger charge is 2.21. The van der Waals surface area contributed by atoms with Gasteiger partial charge < -0.3 is 4.90 Å². The Morgan fingerprint density at radius 3 is 2.38 bits per heavy atom. The van der Waals surface area contributed by atoms with E-state index in [1.807, 2.05) is 0 Å². The molecule has 13 heavy (non-hydrogen) atoms. The van der Waals surface area contributed by atoms with Gasteiger partial charge in [0.05, 0.1) is 6.54 Å². The molecule has 0 rings (SSSR count). The zero-order valence-corrected chi connectivity index (χ0v) is 8.43. The van der Waals surface area contributed by atoms with Gasteiger partial charge in [-0.2, -0.15) is 0 Å². The van der Waals surface area contributed by atoms with Crippen LogP contribution >= 0.6 is 0 Å². The van der Waals surface area contributed by atoms with Gasteiger partial charge in [-0.15, -0.1) is 0 Å². The molecule has 0 unspecified atom stereocenters. The molecule has 3 heteroatoms. The van der Waals surface area contributed by atoms with Crippen LogP contribution in [0.25, 0.3) is 0 Å². The molecule has 0 aromatic carbocycles. The molecule has 1 amide bonds. The first-order chi connectivity index (χ1) is 5.78. The van der Waals surface area contributed by atoms with Gasteiger partial charge in [0.15, 0.2) is 0 Å². The van der Waals surface area contributed by atoms with Crippen LogP contribution < -0.4 is 0 Å². The number of alkyl halides is 1. The van der Waals surface area contributed by atoms with E-state index < -0.39 is 5.67 Å². The van der Waals surface area contributed by atoms with Crippen molar-refractivity contribution >= 4 is 5.91 Å². The van der Waals surface area contributed by atoms with Crippen molar-refractivity contribution in [3.63, 3.8) is 0 Å². The second-order valence-corrected chi connectivity index (χ2v) is 3.61. The molecule has 0 atom stereocenters. The summed E-state index contributed by atoms with van der Waals surface area (Å²) < 4.78 is 13.1. The molecule has 0 aromatic rings. The molecule has 0 radical (unpaired) electrons. The lowest BCUT2D eigenvalue weighted by Crippen LogP contribution is -2.37. The lowest BCUT2D eigenvalue weighted by molar-refractivity contribution is -0.127. The van der Waals surface area contributed by atoms with Crippen molar-refractivity contribution in [1.29, 1.82) is 0 Å². The van der Waals surface area contributed by atoms with Crippen molar-refractivity contribution in [2.24, 2.45) is 0 Å². The summed E-state index contributed by atoms with van der Waals surface area (Å²) in [5, 5.41) is 0. The molecule has 0 aliphatic heterocycles. The standard InChI is InChI=1S/C10H16FNO/c1-6-8(2)9(13)12(5)7-10(3,4)11/h6H,1-2,7H2,3-5H3. The van der Waals surface area contributed by atoms with E-state index in [9.17, 15) is 9.18 Å². The van der Waals surface area contributed by atoms with Gasteiger partial charge in [0.1, 0.15) is 5.67 Å². The van der Waals surface area contributed by atoms with Gasteiger partial charge in [-0.3, -0.25) is 4.79 Å². The Morgan fingerprint density at radius 2 is 2.08 bits per heavy atom. The number of hydrogen-bond acceptors (Lipinski definition) is 1. The number of likely N-dealkylation sites (N-methyl/N-ethyl adjacent to an activating group) is 1. The van der Waals surface area contributed by atoms with Crippen molar-refractivity contribution in [3.05, 3.63) is 24.8 Å². The van der Waals surface area contributed by atoms with E-state index in [4.69, 9.17) is 0 Å². The molecule has 0 N–H and O–H groups in total. The monoisotopic (exact) mass is 185 g/mol. The third-order valence-corrected chi connectivity index (χ3v) is 1.48. The van der Waals surface area contributed by atoms with E-state index >= 15 is 0 Å². The summed E-state index contributed by atoms with van der Waals surface area (Å²) in [6.07, 6.45) is 1.37. The van der Waals surface area contributed by atoms with E-state index in [0.29, 0.717) is 0 Å². The summed E-state index contributed by atoms with van der Waals surface area (Å²) in [5.74, 6) is -0.291. The lowest BCUT2D eigenvalue weighted by Gasteiger charge is -2.23. The van der Waals surface area contributed by atoms with Crippen LogP contribution in [0, 0.1) is 0 Å². The number of hydrogen-bond donors (Lipinski definition) is 0. The summed E-state index contributed by atoms with van der Waals surface area (Å²) in [6.45, 7) is 9.81. The van der Waals surface area contributed by atoms with Crippen LogP contribution in [0.15, 0.2) is 24.8 Å². The molecule has 0 bridgehead atoms. The second-order valence-electron chi connectivity index (χ2n) is 3.61. The minimum atomic E-state index is -1.38. The SMILES string of the molecule is C=CC(=C)C(=O)N(C)CC(C)(C)F. The Labute approximate surface area is 78.7 Å². The van der Waals surface area contributed by atoms with Crippen molar-refractivity contribution in [1.82, 2.24) is 4.90 Å². The van der Waals surface area contributed by atoms with Crippen molar-refractivity contribution in [2.75, 3.05) is 13.6 Å². The highest BCUT2D eigenvalue weighted by Crippen LogP contribution is 2.11. The number of carbonyl (C=O) groups is 1. The fourth-order valence-corrected chi connectivity index (χ4v) is 0.968. The van der Waals surface area contributed by atoms with E-state index in [-0.39, 0.29) is 18.0 Å².